The van der Waals surface area contributed by atoms with Crippen LogP contribution in [0.15, 0.2) is 48.5 Å². The van der Waals surface area contributed by atoms with Gasteiger partial charge in [-0.2, -0.15) is 0 Å². The van der Waals surface area contributed by atoms with E-state index < -0.39 is 0 Å². The maximum Gasteiger partial charge on any atom is 0.268 e. The number of morpholine rings is 1. The molecule has 28 heavy (non-hydrogen) atoms. The predicted octanol–water partition coefficient (Wildman–Crippen LogP) is 4.52. The van der Waals surface area contributed by atoms with Gasteiger partial charge in [-0.25, -0.2) is 4.98 Å². The number of anilines is 2. The molecule has 2 heterocycles. The van der Waals surface area contributed by atoms with Gasteiger partial charge in [0.2, 0.25) is 0 Å². The van der Waals surface area contributed by atoms with E-state index >= 15 is 0 Å². The number of hydrogen-bond acceptors (Lipinski definition) is 5. The minimum Gasteiger partial charge on any atom is -0.378 e. The van der Waals surface area contributed by atoms with E-state index in [0.29, 0.717) is 18.1 Å². The summed E-state index contributed by atoms with van der Waals surface area (Å²) in [6.07, 6.45) is 0. The molecule has 2 aromatic carbocycles. The lowest BCUT2D eigenvalue weighted by Crippen LogP contribution is -2.36. The zero-order chi connectivity index (χ0) is 19.5. The minimum atomic E-state index is -0.124. The van der Waals surface area contributed by atoms with Crippen LogP contribution in [0.2, 0.25) is 0 Å². The zero-order valence-corrected chi connectivity index (χ0v) is 16.9. The molecule has 1 aliphatic rings. The molecule has 1 aromatic heterocycles. The fraction of sp³-hybridized carbons (Fsp3) is 0.273. The molecule has 5 nitrogen and oxygen atoms in total. The first kappa shape index (κ1) is 18.7. The summed E-state index contributed by atoms with van der Waals surface area (Å²) in [5.41, 5.74) is 4.73. The summed E-state index contributed by atoms with van der Waals surface area (Å²) in [6.45, 7) is 7.01. The molecule has 0 radical (unpaired) electrons. The summed E-state index contributed by atoms with van der Waals surface area (Å²) < 4.78 is 5.45. The molecule has 3 aromatic rings. The Balaban J connectivity index is 1.69. The van der Waals surface area contributed by atoms with Gasteiger partial charge in [0.1, 0.15) is 4.88 Å². The Morgan fingerprint density at radius 3 is 2.43 bits per heavy atom. The van der Waals surface area contributed by atoms with Gasteiger partial charge in [0.15, 0.2) is 5.13 Å². The molecule has 144 valence electrons. The SMILES string of the molecule is Cc1cc(C)cc(NC(=O)c2sc(N3CCOCC3)nc2-c2ccccc2)c1. The van der Waals surface area contributed by atoms with Crippen molar-refractivity contribution in [2.45, 2.75) is 13.8 Å². The van der Waals surface area contributed by atoms with Crippen molar-refractivity contribution in [3.8, 4) is 11.3 Å². The largest absolute Gasteiger partial charge is 0.378 e. The molecule has 4 rings (SSSR count). The average Bonchev–Trinajstić information content (AvgIpc) is 3.14. The Morgan fingerprint density at radius 2 is 1.75 bits per heavy atom. The monoisotopic (exact) mass is 393 g/mol. The molecule has 1 amide bonds. The molecule has 1 fully saturated rings. The molecule has 1 N–H and O–H groups in total. The molecule has 0 bridgehead atoms. The van der Waals surface area contributed by atoms with Crippen LogP contribution in [-0.4, -0.2) is 37.2 Å². The van der Waals surface area contributed by atoms with Crippen molar-refractivity contribution in [2.24, 2.45) is 0 Å². The fourth-order valence-corrected chi connectivity index (χ4v) is 4.41. The third-order valence-electron chi connectivity index (χ3n) is 4.63. The quantitative estimate of drug-likeness (QED) is 0.708. The average molecular weight is 394 g/mol. The molecule has 0 spiro atoms. The molecular weight excluding hydrogens is 370 g/mol. The number of benzene rings is 2. The van der Waals surface area contributed by atoms with Crippen LogP contribution < -0.4 is 10.2 Å². The van der Waals surface area contributed by atoms with Crippen molar-refractivity contribution >= 4 is 28.1 Å². The second-order valence-electron chi connectivity index (χ2n) is 6.97. The van der Waals surface area contributed by atoms with Crippen molar-refractivity contribution < 1.29 is 9.53 Å². The van der Waals surface area contributed by atoms with Gasteiger partial charge in [-0.3, -0.25) is 4.79 Å². The molecule has 1 saturated heterocycles. The van der Waals surface area contributed by atoms with E-state index in [1.165, 1.54) is 11.3 Å². The number of rotatable bonds is 4. The highest BCUT2D eigenvalue weighted by atomic mass is 32.1. The van der Waals surface area contributed by atoms with Crippen LogP contribution in [0.1, 0.15) is 20.8 Å². The summed E-state index contributed by atoms with van der Waals surface area (Å²) in [5, 5.41) is 3.92. The van der Waals surface area contributed by atoms with Crippen molar-refractivity contribution in [2.75, 3.05) is 36.5 Å². The summed E-state index contributed by atoms with van der Waals surface area (Å²) in [4.78, 5) is 20.8. The standard InChI is InChI=1S/C22H23N3O2S/c1-15-12-16(2)14-18(13-15)23-21(26)20-19(17-6-4-3-5-7-17)24-22(28-20)25-8-10-27-11-9-25/h3-7,12-14H,8-11H2,1-2H3,(H,23,26). The van der Waals surface area contributed by atoms with Gasteiger partial charge in [0.25, 0.3) is 5.91 Å². The smallest absolute Gasteiger partial charge is 0.268 e. The van der Waals surface area contributed by atoms with Crippen molar-refractivity contribution in [1.29, 1.82) is 0 Å². The Hall–Kier alpha value is -2.70. The second kappa shape index (κ2) is 8.12. The van der Waals surface area contributed by atoms with Crippen LogP contribution in [0.5, 0.6) is 0 Å². The molecule has 0 unspecified atom stereocenters. The lowest BCUT2D eigenvalue weighted by Gasteiger charge is -2.26. The van der Waals surface area contributed by atoms with Gasteiger partial charge < -0.3 is 15.0 Å². The van der Waals surface area contributed by atoms with E-state index in [0.717, 1.165) is 46.3 Å². The molecule has 0 saturated carbocycles. The maximum absolute atomic E-state index is 13.1. The highest BCUT2D eigenvalue weighted by Crippen LogP contribution is 2.34. The van der Waals surface area contributed by atoms with Crippen LogP contribution in [0, 0.1) is 13.8 Å². The summed E-state index contributed by atoms with van der Waals surface area (Å²) >= 11 is 1.44. The van der Waals surface area contributed by atoms with Gasteiger partial charge in [-0.05, 0) is 37.1 Å². The second-order valence-corrected chi connectivity index (χ2v) is 7.95. The molecule has 6 heteroatoms. The van der Waals surface area contributed by atoms with E-state index in [-0.39, 0.29) is 5.91 Å². The van der Waals surface area contributed by atoms with E-state index in [9.17, 15) is 4.79 Å². The first-order valence-corrected chi connectivity index (χ1v) is 10.2. The number of aromatic nitrogens is 1. The van der Waals surface area contributed by atoms with Crippen molar-refractivity contribution in [3.63, 3.8) is 0 Å². The first-order chi connectivity index (χ1) is 13.6. The van der Waals surface area contributed by atoms with E-state index in [1.807, 2.05) is 56.3 Å². The lowest BCUT2D eigenvalue weighted by atomic mass is 10.1. The minimum absolute atomic E-state index is 0.124. The number of thiazole rings is 1. The lowest BCUT2D eigenvalue weighted by molar-refractivity contribution is 0.103. The number of carbonyl (C=O) groups excluding carboxylic acids is 1. The third-order valence-corrected chi connectivity index (χ3v) is 5.75. The number of aryl methyl sites for hydroxylation is 2. The predicted molar refractivity (Wildman–Crippen MR) is 114 cm³/mol. The molecule has 0 atom stereocenters. The Labute approximate surface area is 169 Å². The van der Waals surface area contributed by atoms with Crippen molar-refractivity contribution in [3.05, 3.63) is 64.5 Å². The molecule has 0 aliphatic carbocycles. The molecule has 1 aliphatic heterocycles. The Kier molecular flexibility index (Phi) is 5.41. The zero-order valence-electron chi connectivity index (χ0n) is 16.1. The van der Waals surface area contributed by atoms with Crippen LogP contribution in [0.25, 0.3) is 11.3 Å². The van der Waals surface area contributed by atoms with Crippen LogP contribution >= 0.6 is 11.3 Å². The Bertz CT molecular complexity index is 958. The highest BCUT2D eigenvalue weighted by Gasteiger charge is 2.23. The Morgan fingerprint density at radius 1 is 1.07 bits per heavy atom. The van der Waals surface area contributed by atoms with E-state index in [2.05, 4.69) is 16.3 Å². The van der Waals surface area contributed by atoms with Gasteiger partial charge in [-0.15, -0.1) is 0 Å². The van der Waals surface area contributed by atoms with Gasteiger partial charge in [0.05, 0.1) is 18.9 Å². The third kappa shape index (κ3) is 4.08. The van der Waals surface area contributed by atoms with Crippen molar-refractivity contribution in [1.82, 2.24) is 4.98 Å². The van der Waals surface area contributed by atoms with Gasteiger partial charge >= 0.3 is 0 Å². The summed E-state index contributed by atoms with van der Waals surface area (Å²) in [7, 11) is 0. The fourth-order valence-electron chi connectivity index (χ4n) is 3.38. The maximum atomic E-state index is 13.1. The van der Waals surface area contributed by atoms with E-state index in [1.54, 1.807) is 0 Å². The summed E-state index contributed by atoms with van der Waals surface area (Å²) in [5.74, 6) is -0.124. The van der Waals surface area contributed by atoms with Crippen LogP contribution in [0.3, 0.4) is 0 Å². The molecular formula is C22H23N3O2S. The number of hydrogen-bond donors (Lipinski definition) is 1. The highest BCUT2D eigenvalue weighted by molar-refractivity contribution is 7.18. The number of ether oxygens (including phenoxy) is 1. The first-order valence-electron chi connectivity index (χ1n) is 9.39. The number of amides is 1. The number of nitrogens with one attached hydrogen (secondary N) is 1. The topological polar surface area (TPSA) is 54.5 Å². The summed E-state index contributed by atoms with van der Waals surface area (Å²) in [6, 6.07) is 15.9. The number of nitrogens with zero attached hydrogens (tertiary/aromatic N) is 2. The van der Waals surface area contributed by atoms with Gasteiger partial charge in [0, 0.05) is 24.3 Å². The van der Waals surface area contributed by atoms with Gasteiger partial charge in [-0.1, -0.05) is 47.7 Å². The number of carbonyl (C=O) groups is 1. The normalized spacial score (nSPS) is 14.1. The van der Waals surface area contributed by atoms with E-state index in [4.69, 9.17) is 9.72 Å². The van der Waals surface area contributed by atoms with Crippen LogP contribution in [-0.2, 0) is 4.74 Å². The van der Waals surface area contributed by atoms with Crippen LogP contribution in [0.4, 0.5) is 10.8 Å².